The van der Waals surface area contributed by atoms with Crippen LogP contribution in [-0.2, 0) is 0 Å². The number of piperidine rings is 1. The van der Waals surface area contributed by atoms with Crippen LogP contribution in [0.3, 0.4) is 0 Å². The second-order valence-corrected chi connectivity index (χ2v) is 9.79. The van der Waals surface area contributed by atoms with E-state index in [1.165, 1.54) is 0 Å². The second kappa shape index (κ2) is 10.1. The number of hydrogen-bond donors (Lipinski definition) is 2. The van der Waals surface area contributed by atoms with Crippen molar-refractivity contribution in [3.05, 3.63) is 48.9 Å². The van der Waals surface area contributed by atoms with Crippen LogP contribution in [0.25, 0.3) is 28.3 Å². The number of ether oxygens (including phenoxy) is 1. The minimum absolute atomic E-state index is 0. The molecule has 5 heterocycles. The Labute approximate surface area is 220 Å². The smallest absolute Gasteiger partial charge is 0.233 e. The molecular formula is C24H28Cl2FN7O2. The number of hydrogen-bond acceptors (Lipinski definition) is 8. The molecule has 0 bridgehead atoms. The maximum absolute atomic E-state index is 15.0. The predicted molar refractivity (Wildman–Crippen MR) is 139 cm³/mol. The van der Waals surface area contributed by atoms with Crippen LogP contribution in [0.1, 0.15) is 34.1 Å². The van der Waals surface area contributed by atoms with Crippen LogP contribution in [0.15, 0.2) is 48.9 Å². The Morgan fingerprint density at radius 3 is 2.50 bits per heavy atom. The molecule has 12 heteroatoms. The topological polar surface area (TPSA) is 110 Å². The van der Waals surface area contributed by atoms with E-state index < -0.39 is 17.8 Å². The van der Waals surface area contributed by atoms with Crippen LogP contribution >= 0.6 is 24.8 Å². The summed E-state index contributed by atoms with van der Waals surface area (Å²) in [5.74, 6) is 0.164. The van der Waals surface area contributed by atoms with Crippen molar-refractivity contribution in [2.24, 2.45) is 0 Å². The molecule has 1 aliphatic rings. The Hall–Kier alpha value is -3.08. The van der Waals surface area contributed by atoms with Gasteiger partial charge >= 0.3 is 0 Å². The van der Waals surface area contributed by atoms with Crippen LogP contribution in [-0.4, -0.2) is 58.2 Å². The molecule has 0 saturated carbocycles. The third-order valence-corrected chi connectivity index (χ3v) is 5.96. The monoisotopic (exact) mass is 535 g/mol. The van der Waals surface area contributed by atoms with Crippen molar-refractivity contribution in [2.45, 2.75) is 57.5 Å². The van der Waals surface area contributed by atoms with Crippen LogP contribution in [0.2, 0.25) is 0 Å². The van der Waals surface area contributed by atoms with E-state index in [0.717, 1.165) is 5.65 Å². The summed E-state index contributed by atoms with van der Waals surface area (Å²) in [6, 6.07) is 8.48. The van der Waals surface area contributed by atoms with Crippen molar-refractivity contribution >= 4 is 30.5 Å². The number of rotatable bonds is 4. The van der Waals surface area contributed by atoms with Gasteiger partial charge in [0, 0.05) is 47.7 Å². The van der Waals surface area contributed by atoms with Crippen molar-refractivity contribution in [1.29, 1.82) is 0 Å². The molecule has 0 spiro atoms. The second-order valence-electron chi connectivity index (χ2n) is 9.79. The quantitative estimate of drug-likeness (QED) is 0.394. The number of aromatic hydroxyl groups is 1. The third kappa shape index (κ3) is 5.35. The van der Waals surface area contributed by atoms with Gasteiger partial charge in [-0.1, -0.05) is 0 Å². The summed E-state index contributed by atoms with van der Waals surface area (Å²) in [4.78, 5) is 8.53. The number of halogens is 3. The van der Waals surface area contributed by atoms with Gasteiger partial charge in [0.2, 0.25) is 5.88 Å². The van der Waals surface area contributed by atoms with Crippen molar-refractivity contribution in [3.63, 3.8) is 0 Å². The van der Waals surface area contributed by atoms with Gasteiger partial charge in [-0.05, 0) is 52.0 Å². The molecule has 4 aromatic heterocycles. The normalized spacial score (nSPS) is 20.2. The zero-order chi connectivity index (χ0) is 24.1. The lowest BCUT2D eigenvalue weighted by molar-refractivity contribution is -0.0281. The zero-order valence-corrected chi connectivity index (χ0v) is 21.8. The molecule has 0 aromatic carbocycles. The molecule has 0 aliphatic carbocycles. The molecule has 192 valence electrons. The Morgan fingerprint density at radius 1 is 1.06 bits per heavy atom. The van der Waals surface area contributed by atoms with E-state index in [1.54, 1.807) is 41.3 Å². The molecule has 5 rings (SSSR count). The molecule has 1 aliphatic heterocycles. The fraction of sp³-hybridized carbons (Fsp3) is 0.375. The molecule has 2 N–H and O–H groups in total. The molecule has 1 fully saturated rings. The number of nitrogens with zero attached hydrogens (tertiary/aromatic N) is 6. The molecule has 0 unspecified atom stereocenters. The maximum atomic E-state index is 15.0. The first-order chi connectivity index (χ1) is 16.1. The van der Waals surface area contributed by atoms with Gasteiger partial charge in [-0.3, -0.25) is 0 Å². The number of pyridine rings is 1. The van der Waals surface area contributed by atoms with Crippen molar-refractivity contribution in [2.75, 3.05) is 0 Å². The summed E-state index contributed by atoms with van der Waals surface area (Å²) < 4.78 is 22.5. The minimum atomic E-state index is -1.21. The molecule has 4 aromatic rings. The van der Waals surface area contributed by atoms with Gasteiger partial charge in [-0.15, -0.1) is 35.0 Å². The minimum Gasteiger partial charge on any atom is -0.506 e. The van der Waals surface area contributed by atoms with Crippen molar-refractivity contribution in [3.8, 4) is 34.3 Å². The van der Waals surface area contributed by atoms with Gasteiger partial charge in [0.1, 0.15) is 23.2 Å². The Bertz CT molecular complexity index is 1350. The first-order valence-electron chi connectivity index (χ1n) is 11.1. The number of aromatic nitrogens is 6. The fourth-order valence-corrected chi connectivity index (χ4v) is 4.59. The molecule has 1 saturated heterocycles. The molecule has 2 atom stereocenters. The van der Waals surface area contributed by atoms with E-state index in [-0.39, 0.29) is 47.7 Å². The fourth-order valence-electron chi connectivity index (χ4n) is 4.59. The molecule has 36 heavy (non-hydrogen) atoms. The van der Waals surface area contributed by atoms with Gasteiger partial charge in [0.25, 0.3) is 0 Å². The van der Waals surface area contributed by atoms with Crippen molar-refractivity contribution < 1.29 is 14.2 Å². The summed E-state index contributed by atoms with van der Waals surface area (Å²) in [5.41, 5.74) is 1.66. The lowest BCUT2D eigenvalue weighted by atomic mass is 9.79. The highest BCUT2D eigenvalue weighted by Gasteiger charge is 2.47. The van der Waals surface area contributed by atoms with E-state index in [1.807, 2.05) is 39.8 Å². The van der Waals surface area contributed by atoms with E-state index in [9.17, 15) is 5.11 Å². The van der Waals surface area contributed by atoms with Crippen LogP contribution in [0.5, 0.6) is 11.6 Å². The van der Waals surface area contributed by atoms with E-state index in [4.69, 9.17) is 4.74 Å². The summed E-state index contributed by atoms with van der Waals surface area (Å²) in [6.07, 6.45) is 3.64. The van der Waals surface area contributed by atoms with E-state index in [0.29, 0.717) is 23.4 Å². The summed E-state index contributed by atoms with van der Waals surface area (Å²) in [6.45, 7) is 7.69. The SMILES string of the molecule is CC1(C)C[C@H](Oc2ccc(-c3ncc(-c4ccc5nccn5n4)cc3O)nn2)[C@H](F)C(C)(C)N1.Cl.Cl. The van der Waals surface area contributed by atoms with Gasteiger partial charge in [-0.25, -0.2) is 18.9 Å². The number of fused-ring (bicyclic) bond motifs is 1. The first kappa shape index (κ1) is 27.5. The van der Waals surface area contributed by atoms with Gasteiger partial charge in [-0.2, -0.15) is 5.10 Å². The lowest BCUT2D eigenvalue weighted by Crippen LogP contribution is -2.66. The molecule has 0 amide bonds. The van der Waals surface area contributed by atoms with Crippen molar-refractivity contribution in [1.82, 2.24) is 35.1 Å². The number of nitrogens with one attached hydrogen (secondary N) is 1. The Kier molecular flexibility index (Phi) is 7.73. The largest absolute Gasteiger partial charge is 0.506 e. The lowest BCUT2D eigenvalue weighted by Gasteiger charge is -2.48. The van der Waals surface area contributed by atoms with Crippen LogP contribution in [0.4, 0.5) is 4.39 Å². The van der Waals surface area contributed by atoms with Gasteiger partial charge in [0.05, 0.1) is 5.69 Å². The Balaban J connectivity index is 0.00000180. The third-order valence-electron chi connectivity index (χ3n) is 5.96. The zero-order valence-electron chi connectivity index (χ0n) is 20.2. The van der Waals surface area contributed by atoms with Gasteiger partial charge < -0.3 is 15.2 Å². The number of imidazole rings is 1. The number of alkyl halides is 1. The maximum Gasteiger partial charge on any atom is 0.233 e. The highest BCUT2D eigenvalue weighted by Crippen LogP contribution is 2.34. The summed E-state index contributed by atoms with van der Waals surface area (Å²) >= 11 is 0. The summed E-state index contributed by atoms with van der Waals surface area (Å²) in [5, 5.41) is 26.6. The van der Waals surface area contributed by atoms with Crippen LogP contribution < -0.4 is 10.1 Å². The summed E-state index contributed by atoms with van der Waals surface area (Å²) in [7, 11) is 0. The van der Waals surface area contributed by atoms with Gasteiger partial charge in [0.15, 0.2) is 11.8 Å². The van der Waals surface area contributed by atoms with E-state index in [2.05, 4.69) is 30.6 Å². The molecule has 9 nitrogen and oxygen atoms in total. The molecule has 0 radical (unpaired) electrons. The highest BCUT2D eigenvalue weighted by atomic mass is 35.5. The van der Waals surface area contributed by atoms with Crippen LogP contribution in [0, 0.1) is 0 Å². The average molecular weight is 536 g/mol. The Morgan fingerprint density at radius 2 is 1.81 bits per heavy atom. The van der Waals surface area contributed by atoms with E-state index >= 15 is 4.39 Å². The standard InChI is InChI=1S/C24H26FN7O2.2ClH/c1-23(2)12-18(22(25)24(3,4)31-23)34-20-8-6-16(28-29-20)21-17(33)11-14(13-27-21)15-5-7-19-26-9-10-32(19)30-15;;/h5-11,13,18,22,31,33H,12H2,1-4H3;2*1H/t18-,22-;;/m0../s1. The predicted octanol–water partition coefficient (Wildman–Crippen LogP) is 4.43. The first-order valence-corrected chi connectivity index (χ1v) is 11.1. The highest BCUT2D eigenvalue weighted by molar-refractivity contribution is 5.85. The molecular weight excluding hydrogens is 508 g/mol. The average Bonchev–Trinajstić information content (AvgIpc) is 3.25.